The van der Waals surface area contributed by atoms with Crippen molar-refractivity contribution < 1.29 is 41.0 Å². The van der Waals surface area contributed by atoms with Crippen LogP contribution in [0.25, 0.3) is 22.0 Å². The summed E-state index contributed by atoms with van der Waals surface area (Å²) in [5, 5.41) is 0.277. The highest BCUT2D eigenvalue weighted by Crippen LogP contribution is 2.31. The number of rotatable bonds is 11. The summed E-state index contributed by atoms with van der Waals surface area (Å²) in [7, 11) is 1.61. The minimum absolute atomic E-state index is 0.0404. The molecule has 52 heavy (non-hydrogen) atoms. The van der Waals surface area contributed by atoms with Crippen molar-refractivity contribution in [3.63, 3.8) is 0 Å². The molecular formula is C40H37F5N2O5. The smallest absolute Gasteiger partial charge is 0.416 e. The fraction of sp³-hybridized carbons (Fsp3) is 0.275. The molecule has 0 unspecified atom stereocenters. The number of esters is 1. The molecule has 0 saturated heterocycles. The molecule has 5 aromatic rings. The highest BCUT2D eigenvalue weighted by molar-refractivity contribution is 5.84. The van der Waals surface area contributed by atoms with E-state index in [9.17, 15) is 36.3 Å². The van der Waals surface area contributed by atoms with E-state index < -0.39 is 41.6 Å². The van der Waals surface area contributed by atoms with Crippen molar-refractivity contribution in [3.05, 3.63) is 135 Å². The van der Waals surface area contributed by atoms with Crippen LogP contribution in [0.15, 0.2) is 95.8 Å². The van der Waals surface area contributed by atoms with E-state index in [0.717, 1.165) is 23.8 Å². The minimum atomic E-state index is -4.43. The van der Waals surface area contributed by atoms with Crippen LogP contribution in [-0.4, -0.2) is 40.6 Å². The summed E-state index contributed by atoms with van der Waals surface area (Å²) in [6.45, 7) is 4.74. The summed E-state index contributed by atoms with van der Waals surface area (Å²) in [6.07, 6.45) is -4.30. The molecule has 272 valence electrons. The third-order valence-corrected chi connectivity index (χ3v) is 8.27. The summed E-state index contributed by atoms with van der Waals surface area (Å²) in [5.41, 5.74) is 1.10. The fourth-order valence-electron chi connectivity index (χ4n) is 5.68. The maximum Gasteiger partial charge on any atom is 0.416 e. The molecular weight excluding hydrogens is 683 g/mol. The van der Waals surface area contributed by atoms with Gasteiger partial charge in [0.05, 0.1) is 11.1 Å². The molecule has 0 spiro atoms. The molecule has 0 fully saturated rings. The topological polar surface area (TPSA) is 77.8 Å². The molecule has 0 N–H and O–H groups in total. The number of carbonyl (C=O) groups excluding carboxylic acids is 2. The van der Waals surface area contributed by atoms with Crippen LogP contribution in [0.4, 0.5) is 22.0 Å². The van der Waals surface area contributed by atoms with E-state index in [4.69, 9.17) is 9.47 Å². The average Bonchev–Trinajstić information content (AvgIpc) is 3.08. The van der Waals surface area contributed by atoms with Crippen LogP contribution in [0.1, 0.15) is 43.2 Å². The summed E-state index contributed by atoms with van der Waals surface area (Å²) >= 11 is 0. The summed E-state index contributed by atoms with van der Waals surface area (Å²) in [4.78, 5) is 40.8. The molecule has 1 amide bonds. The van der Waals surface area contributed by atoms with Crippen molar-refractivity contribution in [2.45, 2.75) is 58.5 Å². The van der Waals surface area contributed by atoms with Crippen LogP contribution in [0.3, 0.4) is 0 Å². The van der Waals surface area contributed by atoms with Gasteiger partial charge in [-0.05, 0) is 86.2 Å². The van der Waals surface area contributed by atoms with Crippen LogP contribution < -0.4 is 10.2 Å². The first-order valence-corrected chi connectivity index (χ1v) is 16.4. The van der Waals surface area contributed by atoms with Crippen molar-refractivity contribution in [3.8, 4) is 16.9 Å². The Balaban J connectivity index is 1.40. The van der Waals surface area contributed by atoms with Gasteiger partial charge < -0.3 is 18.9 Å². The first kappa shape index (κ1) is 37.7. The van der Waals surface area contributed by atoms with Crippen LogP contribution in [0.5, 0.6) is 5.75 Å². The van der Waals surface area contributed by atoms with E-state index >= 15 is 0 Å². The van der Waals surface area contributed by atoms with Gasteiger partial charge in [0.1, 0.15) is 17.9 Å². The second-order valence-electron chi connectivity index (χ2n) is 13.4. The molecule has 7 nitrogen and oxygen atoms in total. The Kier molecular flexibility index (Phi) is 11.2. The van der Waals surface area contributed by atoms with Gasteiger partial charge in [-0.1, -0.05) is 48.5 Å². The molecule has 1 heterocycles. The number of hydrogen-bond acceptors (Lipinski definition) is 5. The van der Waals surface area contributed by atoms with E-state index in [1.807, 2.05) is 0 Å². The summed E-state index contributed by atoms with van der Waals surface area (Å²) < 4.78 is 80.1. The number of benzene rings is 4. The summed E-state index contributed by atoms with van der Waals surface area (Å²) in [5.74, 6) is -2.68. The van der Waals surface area contributed by atoms with Gasteiger partial charge in [-0.25, -0.2) is 13.6 Å². The number of fused-ring (bicyclic) bond motifs is 1. The Morgan fingerprint density at radius 2 is 1.48 bits per heavy atom. The fourth-order valence-corrected chi connectivity index (χ4v) is 5.68. The molecule has 0 aliphatic rings. The Morgan fingerprint density at radius 3 is 2.12 bits per heavy atom. The Bertz CT molecular complexity index is 2140. The van der Waals surface area contributed by atoms with E-state index in [0.29, 0.717) is 22.3 Å². The Hall–Kier alpha value is -5.52. The number of alkyl halides is 3. The zero-order valence-corrected chi connectivity index (χ0v) is 29.0. The lowest BCUT2D eigenvalue weighted by Crippen LogP contribution is -2.31. The number of pyridine rings is 1. The predicted octanol–water partition coefficient (Wildman–Crippen LogP) is 8.13. The lowest BCUT2D eigenvalue weighted by Gasteiger charge is -2.22. The van der Waals surface area contributed by atoms with Crippen LogP contribution in [-0.2, 0) is 46.4 Å². The molecule has 0 saturated carbocycles. The SMILES string of the molecule is CN(Cc1ccc(-c2ccc(C(F)(F)F)cc2)cc1)C(=O)Cn1c(CCc2cccc(F)c2F)cc(=O)c2ccc(OCC(=O)OC(C)(C)C)cc21. The number of amides is 1. The first-order valence-electron chi connectivity index (χ1n) is 16.4. The molecule has 0 aliphatic carbocycles. The van der Waals surface area contributed by atoms with Gasteiger partial charge in [0.2, 0.25) is 5.91 Å². The van der Waals surface area contributed by atoms with Crippen molar-refractivity contribution >= 4 is 22.8 Å². The number of nitrogens with zero attached hydrogens (tertiary/aromatic N) is 2. The summed E-state index contributed by atoms with van der Waals surface area (Å²) in [6, 6.07) is 21.7. The Labute approximate surface area is 297 Å². The van der Waals surface area contributed by atoms with Crippen LogP contribution >= 0.6 is 0 Å². The molecule has 4 aromatic carbocycles. The molecule has 0 radical (unpaired) electrons. The minimum Gasteiger partial charge on any atom is -0.482 e. The third-order valence-electron chi connectivity index (χ3n) is 8.27. The standard InChI is InChI=1S/C40H37F5N2O5/c1-39(2,3)52-37(50)24-51-31-18-19-32-34(21-31)47(30(20-35(32)48)17-14-28-6-5-7-33(41)38(28)42)23-36(49)46(4)22-25-8-10-26(11-9-25)27-12-15-29(16-13-27)40(43,44)45/h5-13,15-16,18-21H,14,17,22-24H2,1-4H3. The normalized spacial score (nSPS) is 11.8. The van der Waals surface area contributed by atoms with Gasteiger partial charge in [-0.15, -0.1) is 0 Å². The van der Waals surface area contributed by atoms with Crippen molar-refractivity contribution in [1.29, 1.82) is 0 Å². The maximum atomic E-state index is 14.5. The predicted molar refractivity (Wildman–Crippen MR) is 187 cm³/mol. The number of likely N-dealkylation sites (N-methyl/N-ethyl adjacent to an activating group) is 1. The number of ether oxygens (including phenoxy) is 2. The number of hydrogen-bond donors (Lipinski definition) is 0. The van der Waals surface area contributed by atoms with Crippen LogP contribution in [0.2, 0.25) is 0 Å². The van der Waals surface area contributed by atoms with Crippen LogP contribution in [0, 0.1) is 11.6 Å². The molecule has 1 aromatic heterocycles. The lowest BCUT2D eigenvalue weighted by molar-refractivity contribution is -0.157. The third kappa shape index (κ3) is 9.42. The van der Waals surface area contributed by atoms with Gasteiger partial charge in [0.15, 0.2) is 23.7 Å². The number of aromatic nitrogens is 1. The van der Waals surface area contributed by atoms with E-state index in [2.05, 4.69) is 0 Å². The number of aryl methyl sites for hydroxylation is 2. The van der Waals surface area contributed by atoms with Gasteiger partial charge in [-0.3, -0.25) is 9.59 Å². The highest BCUT2D eigenvalue weighted by atomic mass is 19.4. The quantitative estimate of drug-likeness (QED) is 0.102. The Morgan fingerprint density at radius 1 is 0.827 bits per heavy atom. The highest BCUT2D eigenvalue weighted by Gasteiger charge is 2.30. The second kappa shape index (κ2) is 15.4. The monoisotopic (exact) mass is 720 g/mol. The van der Waals surface area contributed by atoms with Crippen molar-refractivity contribution in [2.75, 3.05) is 13.7 Å². The average molecular weight is 721 g/mol. The van der Waals surface area contributed by atoms with Gasteiger partial charge in [0, 0.05) is 36.8 Å². The van der Waals surface area contributed by atoms with Gasteiger partial charge in [0.25, 0.3) is 0 Å². The zero-order valence-electron chi connectivity index (χ0n) is 29.0. The van der Waals surface area contributed by atoms with Crippen molar-refractivity contribution in [1.82, 2.24) is 9.47 Å². The number of halogens is 5. The molecule has 12 heteroatoms. The molecule has 0 aliphatic heterocycles. The number of carbonyl (C=O) groups is 2. The first-order chi connectivity index (χ1) is 24.5. The largest absolute Gasteiger partial charge is 0.482 e. The zero-order chi connectivity index (χ0) is 37.8. The van der Waals surface area contributed by atoms with Gasteiger partial charge in [-0.2, -0.15) is 13.2 Å². The van der Waals surface area contributed by atoms with E-state index in [1.165, 1.54) is 47.4 Å². The van der Waals surface area contributed by atoms with Crippen molar-refractivity contribution in [2.24, 2.45) is 0 Å². The van der Waals surface area contributed by atoms with E-state index in [1.54, 1.807) is 62.7 Å². The molecule has 0 bridgehead atoms. The maximum absolute atomic E-state index is 14.5. The molecule has 0 atom stereocenters. The molecule has 5 rings (SSSR count). The van der Waals surface area contributed by atoms with E-state index in [-0.39, 0.29) is 54.0 Å². The lowest BCUT2D eigenvalue weighted by atomic mass is 10.0. The van der Waals surface area contributed by atoms with Gasteiger partial charge >= 0.3 is 12.1 Å². The second-order valence-corrected chi connectivity index (χ2v) is 13.4.